The molecule has 0 unspecified atom stereocenters. The Morgan fingerprint density at radius 1 is 1.36 bits per heavy atom. The zero-order valence-corrected chi connectivity index (χ0v) is 7.38. The summed E-state index contributed by atoms with van der Waals surface area (Å²) in [6, 6.07) is 1.38. The molecule has 74 valence electrons. The van der Waals surface area contributed by atoms with E-state index >= 15 is 0 Å². The van der Waals surface area contributed by atoms with Gasteiger partial charge in [0.25, 0.3) is 0 Å². The van der Waals surface area contributed by atoms with E-state index in [2.05, 4.69) is 21.8 Å². The van der Waals surface area contributed by atoms with Crippen LogP contribution in [0.1, 0.15) is 24.1 Å². The van der Waals surface area contributed by atoms with Crippen LogP contribution in [0.15, 0.2) is 12.4 Å². The van der Waals surface area contributed by atoms with Crippen LogP contribution in [0, 0.1) is 11.8 Å². The third-order valence-electron chi connectivity index (χ3n) is 1.41. The molecule has 0 aliphatic heterocycles. The van der Waals surface area contributed by atoms with Gasteiger partial charge < -0.3 is 15.3 Å². The summed E-state index contributed by atoms with van der Waals surface area (Å²) in [6.07, 6.45) is -0.0463. The predicted molar refractivity (Wildman–Crippen MR) is 47.8 cm³/mol. The molecule has 1 aromatic rings. The maximum absolute atomic E-state index is 8.80. The fourth-order valence-electron chi connectivity index (χ4n) is 0.791. The molecule has 5 heteroatoms. The van der Waals surface area contributed by atoms with Crippen LogP contribution in [0.25, 0.3) is 0 Å². The van der Waals surface area contributed by atoms with Crippen LogP contribution in [0.3, 0.4) is 0 Å². The zero-order chi connectivity index (χ0) is 10.4. The van der Waals surface area contributed by atoms with Gasteiger partial charge in [-0.15, -0.1) is 0 Å². The largest absolute Gasteiger partial charge is 0.395 e. The van der Waals surface area contributed by atoms with E-state index in [1.165, 1.54) is 12.4 Å². The molecule has 0 aliphatic rings. The van der Waals surface area contributed by atoms with Gasteiger partial charge in [-0.3, -0.25) is 0 Å². The van der Waals surface area contributed by atoms with E-state index in [1.807, 2.05) is 0 Å². The number of nitrogens with zero attached hydrogens (tertiary/aromatic N) is 2. The predicted octanol–water partition coefficient (Wildman–Crippen LogP) is -0.806. The molecule has 0 aromatic carbocycles. The van der Waals surface area contributed by atoms with Crippen molar-refractivity contribution >= 4 is 0 Å². The van der Waals surface area contributed by atoms with Crippen molar-refractivity contribution in [2.24, 2.45) is 0 Å². The summed E-state index contributed by atoms with van der Waals surface area (Å²) in [5.41, 5.74) is 0.504. The Hall–Kier alpha value is -1.48. The minimum atomic E-state index is -1.61. The second kappa shape index (κ2) is 5.29. The van der Waals surface area contributed by atoms with Crippen LogP contribution < -0.4 is 0 Å². The molecule has 0 radical (unpaired) electrons. The lowest BCUT2D eigenvalue weighted by atomic mass is 10.3. The first kappa shape index (κ1) is 10.6. The van der Waals surface area contributed by atoms with Crippen molar-refractivity contribution in [1.29, 1.82) is 0 Å². The number of rotatable bonds is 2. The Morgan fingerprint density at radius 3 is 2.79 bits per heavy atom. The van der Waals surface area contributed by atoms with E-state index < -0.39 is 6.29 Å². The molecular weight excluding hydrogens is 184 g/mol. The molecule has 0 atom stereocenters. The van der Waals surface area contributed by atoms with Crippen molar-refractivity contribution in [3.63, 3.8) is 0 Å². The van der Waals surface area contributed by atoms with Gasteiger partial charge in [0.05, 0.1) is 6.61 Å². The Bertz CT molecular complexity index is 355. The molecule has 0 saturated heterocycles. The molecule has 0 fully saturated rings. The lowest BCUT2D eigenvalue weighted by molar-refractivity contribution is -0.0459. The molecule has 0 amide bonds. The summed E-state index contributed by atoms with van der Waals surface area (Å²) < 4.78 is 0. The van der Waals surface area contributed by atoms with E-state index in [4.69, 9.17) is 15.3 Å². The van der Waals surface area contributed by atoms with Gasteiger partial charge in [-0.1, -0.05) is 5.92 Å². The summed E-state index contributed by atoms with van der Waals surface area (Å²) in [6.45, 7) is -0.00638. The summed E-state index contributed by atoms with van der Waals surface area (Å²) in [4.78, 5) is 7.44. The minimum absolute atomic E-state index is 0.00638. The quantitative estimate of drug-likeness (QED) is 0.423. The monoisotopic (exact) mass is 194 g/mol. The van der Waals surface area contributed by atoms with Crippen LogP contribution in [0.5, 0.6) is 0 Å². The van der Waals surface area contributed by atoms with Crippen molar-refractivity contribution < 1.29 is 15.3 Å². The number of aliphatic hydroxyl groups excluding tert-OH is 2. The van der Waals surface area contributed by atoms with Gasteiger partial charge >= 0.3 is 0 Å². The van der Waals surface area contributed by atoms with Crippen LogP contribution in [0.4, 0.5) is 0 Å². The first-order chi connectivity index (χ1) is 6.74. The second-order valence-electron chi connectivity index (χ2n) is 2.48. The van der Waals surface area contributed by atoms with Gasteiger partial charge in [0.1, 0.15) is 17.7 Å². The number of aromatic nitrogens is 2. The fourth-order valence-corrected chi connectivity index (χ4v) is 0.791. The number of hydrogen-bond donors (Lipinski definition) is 3. The van der Waals surface area contributed by atoms with Crippen molar-refractivity contribution in [3.8, 4) is 11.8 Å². The first-order valence-corrected chi connectivity index (χ1v) is 4.02. The maximum atomic E-state index is 8.80. The summed E-state index contributed by atoms with van der Waals surface area (Å²) in [7, 11) is 0. The Kier molecular flexibility index (Phi) is 4.01. The van der Waals surface area contributed by atoms with Crippen LogP contribution >= 0.6 is 0 Å². The molecule has 1 aromatic heterocycles. The molecule has 3 N–H and O–H groups in total. The third kappa shape index (κ3) is 3.11. The first-order valence-electron chi connectivity index (χ1n) is 4.02. The molecule has 1 rings (SSSR count). The van der Waals surface area contributed by atoms with Gasteiger partial charge in [-0.05, 0) is 12.0 Å². The average Bonchev–Trinajstić information content (AvgIpc) is 2.19. The highest BCUT2D eigenvalue weighted by molar-refractivity contribution is 5.28. The van der Waals surface area contributed by atoms with Crippen LogP contribution in [0.2, 0.25) is 0 Å². The Labute approximate surface area is 81.1 Å². The third-order valence-corrected chi connectivity index (χ3v) is 1.41. The summed E-state index contributed by atoms with van der Waals surface area (Å²) in [5.74, 6) is 5.32. The fraction of sp³-hybridized carbons (Fsp3) is 0.333. The van der Waals surface area contributed by atoms with E-state index in [0.29, 0.717) is 12.1 Å². The lowest BCUT2D eigenvalue weighted by Crippen LogP contribution is -2.00. The Balaban J connectivity index is 2.80. The molecule has 0 aliphatic carbocycles. The van der Waals surface area contributed by atoms with Crippen molar-refractivity contribution in [1.82, 2.24) is 9.97 Å². The second-order valence-corrected chi connectivity index (χ2v) is 2.48. The SMILES string of the molecule is OCCC#Cc1cc(C(O)O)ncn1. The molecule has 0 spiro atoms. The molecule has 1 heterocycles. The normalized spacial score (nSPS) is 9.71. The zero-order valence-electron chi connectivity index (χ0n) is 7.38. The van der Waals surface area contributed by atoms with Gasteiger partial charge in [0.2, 0.25) is 0 Å². The van der Waals surface area contributed by atoms with Gasteiger partial charge in [0, 0.05) is 6.42 Å². The van der Waals surface area contributed by atoms with E-state index in [0.717, 1.165) is 0 Å². The molecule has 14 heavy (non-hydrogen) atoms. The molecule has 0 saturated carbocycles. The smallest absolute Gasteiger partial charge is 0.196 e. The number of hydrogen-bond acceptors (Lipinski definition) is 5. The van der Waals surface area contributed by atoms with Crippen molar-refractivity contribution in [2.75, 3.05) is 6.61 Å². The minimum Gasteiger partial charge on any atom is -0.395 e. The molecular formula is C9H10N2O3. The lowest BCUT2D eigenvalue weighted by Gasteiger charge is -2.00. The van der Waals surface area contributed by atoms with Crippen LogP contribution in [-0.2, 0) is 0 Å². The molecule has 5 nitrogen and oxygen atoms in total. The highest BCUT2D eigenvalue weighted by Crippen LogP contribution is 2.05. The van der Waals surface area contributed by atoms with Crippen LogP contribution in [-0.4, -0.2) is 31.9 Å². The van der Waals surface area contributed by atoms with Gasteiger partial charge in [-0.25, -0.2) is 9.97 Å². The van der Waals surface area contributed by atoms with Crippen molar-refractivity contribution in [2.45, 2.75) is 12.7 Å². The Morgan fingerprint density at radius 2 is 2.14 bits per heavy atom. The number of aliphatic hydroxyl groups is 3. The van der Waals surface area contributed by atoms with Crippen molar-refractivity contribution in [3.05, 3.63) is 23.8 Å². The van der Waals surface area contributed by atoms with Gasteiger partial charge in [-0.2, -0.15) is 0 Å². The van der Waals surface area contributed by atoms with E-state index in [1.54, 1.807) is 0 Å². The topological polar surface area (TPSA) is 86.5 Å². The molecule has 0 bridgehead atoms. The average molecular weight is 194 g/mol. The summed E-state index contributed by atoms with van der Waals surface area (Å²) in [5, 5.41) is 26.1. The standard InChI is InChI=1S/C9H10N2O3/c12-4-2-1-3-7-5-8(9(13)14)11-6-10-7/h5-6,9,12-14H,2,4H2. The highest BCUT2D eigenvalue weighted by atomic mass is 16.5. The van der Waals surface area contributed by atoms with Gasteiger partial charge in [0.15, 0.2) is 6.29 Å². The van der Waals surface area contributed by atoms with E-state index in [-0.39, 0.29) is 12.3 Å². The summed E-state index contributed by atoms with van der Waals surface area (Å²) >= 11 is 0. The highest BCUT2D eigenvalue weighted by Gasteiger charge is 2.03. The van der Waals surface area contributed by atoms with E-state index in [9.17, 15) is 0 Å². The maximum Gasteiger partial charge on any atom is 0.196 e.